The summed E-state index contributed by atoms with van der Waals surface area (Å²) in [7, 11) is 2.07. The van der Waals surface area contributed by atoms with Crippen LogP contribution in [0.5, 0.6) is 5.75 Å². The fourth-order valence-electron chi connectivity index (χ4n) is 2.45. The van der Waals surface area contributed by atoms with Crippen LogP contribution in [0.1, 0.15) is 27.9 Å². The third-order valence-electron chi connectivity index (χ3n) is 3.70. The molecule has 4 heteroatoms. The lowest BCUT2D eigenvalue weighted by Gasteiger charge is -2.16. The summed E-state index contributed by atoms with van der Waals surface area (Å²) in [5.74, 6) is -0.197. The van der Waals surface area contributed by atoms with E-state index in [-0.39, 0.29) is 11.7 Å². The second kappa shape index (κ2) is 8.34. The Morgan fingerprint density at radius 3 is 2.61 bits per heavy atom. The van der Waals surface area contributed by atoms with E-state index in [9.17, 15) is 9.90 Å². The highest BCUT2D eigenvalue weighted by Gasteiger charge is 2.10. The average molecular weight is 312 g/mol. The van der Waals surface area contributed by atoms with Crippen LogP contribution in [0.3, 0.4) is 0 Å². The molecular weight excluding hydrogens is 288 g/mol. The summed E-state index contributed by atoms with van der Waals surface area (Å²) < 4.78 is 0. The molecule has 0 radical (unpaired) electrons. The molecule has 0 spiro atoms. The van der Waals surface area contributed by atoms with Crippen molar-refractivity contribution in [3.8, 4) is 5.75 Å². The minimum Gasteiger partial charge on any atom is -0.507 e. The molecule has 0 unspecified atom stereocenters. The highest BCUT2D eigenvalue weighted by atomic mass is 16.3. The van der Waals surface area contributed by atoms with E-state index in [1.54, 1.807) is 12.1 Å². The summed E-state index contributed by atoms with van der Waals surface area (Å²) in [5.41, 5.74) is 2.54. The highest BCUT2D eigenvalue weighted by molar-refractivity contribution is 5.96. The minimum absolute atomic E-state index is 0.0312. The van der Waals surface area contributed by atoms with Gasteiger partial charge in [0.05, 0.1) is 5.56 Å². The molecule has 0 saturated heterocycles. The van der Waals surface area contributed by atoms with Gasteiger partial charge in [0.1, 0.15) is 5.75 Å². The van der Waals surface area contributed by atoms with E-state index in [2.05, 4.69) is 29.4 Å². The molecule has 0 aliphatic heterocycles. The maximum Gasteiger partial charge on any atom is 0.255 e. The maximum atomic E-state index is 12.0. The van der Waals surface area contributed by atoms with E-state index < -0.39 is 0 Å². The summed E-state index contributed by atoms with van der Waals surface area (Å²) in [6.45, 7) is 4.26. The number of hydrogen-bond acceptors (Lipinski definition) is 3. The molecule has 0 saturated carbocycles. The number of benzene rings is 2. The molecule has 0 aromatic heterocycles. The number of carbonyl (C=O) groups excluding carboxylic acids is 1. The molecule has 23 heavy (non-hydrogen) atoms. The number of nitrogens with zero attached hydrogens (tertiary/aromatic N) is 1. The van der Waals surface area contributed by atoms with Gasteiger partial charge in [-0.25, -0.2) is 0 Å². The third-order valence-corrected chi connectivity index (χ3v) is 3.70. The largest absolute Gasteiger partial charge is 0.507 e. The van der Waals surface area contributed by atoms with Gasteiger partial charge in [0.15, 0.2) is 0 Å². The quantitative estimate of drug-likeness (QED) is 0.773. The first kappa shape index (κ1) is 17.0. The Morgan fingerprint density at radius 2 is 1.91 bits per heavy atom. The number of rotatable bonds is 7. The molecule has 2 aromatic rings. The summed E-state index contributed by atoms with van der Waals surface area (Å²) >= 11 is 0. The molecule has 122 valence electrons. The highest BCUT2D eigenvalue weighted by Crippen LogP contribution is 2.18. The molecule has 0 atom stereocenters. The van der Waals surface area contributed by atoms with Crippen molar-refractivity contribution in [1.82, 2.24) is 10.2 Å². The summed E-state index contributed by atoms with van der Waals surface area (Å²) in [6, 6.07) is 15.4. The second-order valence-electron chi connectivity index (χ2n) is 5.85. The van der Waals surface area contributed by atoms with Gasteiger partial charge in [-0.15, -0.1) is 0 Å². The average Bonchev–Trinajstić information content (AvgIpc) is 2.52. The van der Waals surface area contributed by atoms with Gasteiger partial charge >= 0.3 is 0 Å². The van der Waals surface area contributed by atoms with Crippen LogP contribution in [0.2, 0.25) is 0 Å². The van der Waals surface area contributed by atoms with Crippen molar-refractivity contribution in [1.29, 1.82) is 0 Å². The van der Waals surface area contributed by atoms with E-state index in [1.807, 2.05) is 31.2 Å². The van der Waals surface area contributed by atoms with Crippen molar-refractivity contribution < 1.29 is 9.90 Å². The third kappa shape index (κ3) is 5.42. The zero-order valence-corrected chi connectivity index (χ0v) is 13.7. The van der Waals surface area contributed by atoms with Crippen LogP contribution < -0.4 is 5.32 Å². The van der Waals surface area contributed by atoms with E-state index in [4.69, 9.17) is 0 Å². The number of phenolic OH excluding ortho intramolecular Hbond substituents is 1. The minimum atomic E-state index is -0.229. The van der Waals surface area contributed by atoms with Crippen LogP contribution in [-0.2, 0) is 6.54 Å². The molecule has 1 amide bonds. The number of hydrogen-bond donors (Lipinski definition) is 2. The Kier molecular flexibility index (Phi) is 6.18. The van der Waals surface area contributed by atoms with Crippen LogP contribution in [-0.4, -0.2) is 36.1 Å². The summed E-state index contributed by atoms with van der Waals surface area (Å²) in [6.07, 6.45) is 0.863. The van der Waals surface area contributed by atoms with Gasteiger partial charge in [-0.3, -0.25) is 4.79 Å². The molecular formula is C19H24N2O2. The first-order chi connectivity index (χ1) is 11.1. The van der Waals surface area contributed by atoms with Crippen LogP contribution in [0.4, 0.5) is 0 Å². The summed E-state index contributed by atoms with van der Waals surface area (Å²) in [4.78, 5) is 14.3. The van der Waals surface area contributed by atoms with Gasteiger partial charge in [0, 0.05) is 13.1 Å². The van der Waals surface area contributed by atoms with Crippen LogP contribution in [0.25, 0.3) is 0 Å². The fraction of sp³-hybridized carbons (Fsp3) is 0.316. The Morgan fingerprint density at radius 1 is 1.17 bits per heavy atom. The first-order valence-electron chi connectivity index (χ1n) is 7.86. The van der Waals surface area contributed by atoms with Crippen molar-refractivity contribution in [3.63, 3.8) is 0 Å². The Bertz CT molecular complexity index is 641. The van der Waals surface area contributed by atoms with Crippen molar-refractivity contribution in [3.05, 3.63) is 65.2 Å². The lowest BCUT2D eigenvalue weighted by molar-refractivity contribution is 0.0949. The molecule has 0 bridgehead atoms. The van der Waals surface area contributed by atoms with Gasteiger partial charge in [-0.2, -0.15) is 0 Å². The number of amides is 1. The summed E-state index contributed by atoms with van der Waals surface area (Å²) in [5, 5.41) is 12.7. The zero-order valence-electron chi connectivity index (χ0n) is 13.7. The van der Waals surface area contributed by atoms with Crippen molar-refractivity contribution in [2.45, 2.75) is 19.9 Å². The Balaban J connectivity index is 1.71. The molecule has 0 aliphatic carbocycles. The van der Waals surface area contributed by atoms with Gasteiger partial charge < -0.3 is 15.3 Å². The van der Waals surface area contributed by atoms with Crippen molar-refractivity contribution >= 4 is 5.91 Å². The van der Waals surface area contributed by atoms with Gasteiger partial charge in [-0.05, 0) is 50.2 Å². The lowest BCUT2D eigenvalue weighted by atomic mass is 10.1. The maximum absolute atomic E-state index is 12.0. The molecule has 0 heterocycles. The smallest absolute Gasteiger partial charge is 0.255 e. The predicted molar refractivity (Wildman–Crippen MR) is 92.6 cm³/mol. The zero-order chi connectivity index (χ0) is 16.7. The normalized spacial score (nSPS) is 10.7. The van der Waals surface area contributed by atoms with E-state index in [0.29, 0.717) is 12.1 Å². The first-order valence-corrected chi connectivity index (χ1v) is 7.86. The monoisotopic (exact) mass is 312 g/mol. The number of aryl methyl sites for hydroxylation is 1. The number of phenols is 1. The van der Waals surface area contributed by atoms with Gasteiger partial charge in [-0.1, -0.05) is 36.4 Å². The topological polar surface area (TPSA) is 52.6 Å². The molecule has 4 nitrogen and oxygen atoms in total. The van der Waals surface area contributed by atoms with E-state index in [1.165, 1.54) is 5.56 Å². The van der Waals surface area contributed by atoms with Crippen LogP contribution in [0, 0.1) is 6.92 Å². The Hall–Kier alpha value is -2.33. The number of nitrogens with one attached hydrogen (secondary N) is 1. The molecule has 2 rings (SSSR count). The predicted octanol–water partition coefficient (Wildman–Crippen LogP) is 2.95. The van der Waals surface area contributed by atoms with E-state index in [0.717, 1.165) is 25.1 Å². The molecule has 2 aromatic carbocycles. The van der Waals surface area contributed by atoms with Crippen LogP contribution in [0.15, 0.2) is 48.5 Å². The van der Waals surface area contributed by atoms with Crippen molar-refractivity contribution in [2.75, 3.05) is 20.1 Å². The molecule has 0 fully saturated rings. The molecule has 0 aliphatic rings. The SMILES string of the molecule is Cc1ccc(C(=O)NCCCN(C)Cc2ccccc2)c(O)c1. The van der Waals surface area contributed by atoms with Gasteiger partial charge in [0.2, 0.25) is 0 Å². The van der Waals surface area contributed by atoms with Crippen LogP contribution >= 0.6 is 0 Å². The Labute approximate surface area is 137 Å². The van der Waals surface area contributed by atoms with Crippen molar-refractivity contribution in [2.24, 2.45) is 0 Å². The fourth-order valence-corrected chi connectivity index (χ4v) is 2.45. The molecule has 2 N–H and O–H groups in total. The number of carbonyl (C=O) groups is 1. The van der Waals surface area contributed by atoms with Gasteiger partial charge in [0.25, 0.3) is 5.91 Å². The lowest BCUT2D eigenvalue weighted by Crippen LogP contribution is -2.28. The van der Waals surface area contributed by atoms with E-state index >= 15 is 0 Å². The number of aromatic hydroxyl groups is 1. The second-order valence-corrected chi connectivity index (χ2v) is 5.85. The standard InChI is InChI=1S/C19H24N2O2/c1-15-9-10-17(18(22)13-15)19(23)20-11-6-12-21(2)14-16-7-4-3-5-8-16/h3-5,7-10,13,22H,6,11-12,14H2,1-2H3,(H,20,23).